The van der Waals surface area contributed by atoms with Gasteiger partial charge in [0, 0.05) is 23.6 Å². The highest BCUT2D eigenvalue weighted by atomic mass is 16.4. The third-order valence-electron chi connectivity index (χ3n) is 3.02. The Bertz CT molecular complexity index is 555. The van der Waals surface area contributed by atoms with Crippen molar-refractivity contribution in [1.29, 1.82) is 0 Å². The van der Waals surface area contributed by atoms with Crippen molar-refractivity contribution in [1.82, 2.24) is 4.57 Å². The number of carboxylic acids is 1. The van der Waals surface area contributed by atoms with Crippen LogP contribution in [0.1, 0.15) is 35.7 Å². The van der Waals surface area contributed by atoms with Gasteiger partial charge >= 0.3 is 5.97 Å². The van der Waals surface area contributed by atoms with Gasteiger partial charge in [-0.1, -0.05) is 25.5 Å². The summed E-state index contributed by atoms with van der Waals surface area (Å²) in [5, 5.41) is 10.0. The maximum atomic E-state index is 11.2. The van der Waals surface area contributed by atoms with Gasteiger partial charge in [-0.15, -0.1) is 0 Å². The summed E-state index contributed by atoms with van der Waals surface area (Å²) in [6, 6.07) is 5.91. The van der Waals surface area contributed by atoms with E-state index < -0.39 is 5.97 Å². The summed E-state index contributed by atoms with van der Waals surface area (Å²) in [6.45, 7) is 5.04. The van der Waals surface area contributed by atoms with E-state index in [4.69, 9.17) is 0 Å². The zero-order valence-electron chi connectivity index (χ0n) is 10.2. The third-order valence-corrected chi connectivity index (χ3v) is 3.02. The molecule has 3 heteroatoms. The fourth-order valence-electron chi connectivity index (χ4n) is 2.09. The van der Waals surface area contributed by atoms with Crippen molar-refractivity contribution in [3.8, 4) is 0 Å². The van der Waals surface area contributed by atoms with Crippen molar-refractivity contribution < 1.29 is 9.90 Å². The highest BCUT2D eigenvalue weighted by Gasteiger charge is 2.13. The fraction of sp³-hybridized carbons (Fsp3) is 0.357. The van der Waals surface area contributed by atoms with Crippen molar-refractivity contribution in [2.75, 3.05) is 0 Å². The summed E-state index contributed by atoms with van der Waals surface area (Å²) in [7, 11) is 0. The lowest BCUT2D eigenvalue weighted by atomic mass is 10.1. The van der Waals surface area contributed by atoms with Gasteiger partial charge < -0.3 is 9.67 Å². The number of nitrogens with zero attached hydrogens (tertiary/aromatic N) is 1. The van der Waals surface area contributed by atoms with Gasteiger partial charge in [0.15, 0.2) is 0 Å². The predicted octanol–water partition coefficient (Wildman–Crippen LogP) is 3.45. The average molecular weight is 231 g/mol. The third kappa shape index (κ3) is 2.18. The fourth-order valence-corrected chi connectivity index (χ4v) is 2.09. The lowest BCUT2D eigenvalue weighted by Gasteiger charge is -2.04. The van der Waals surface area contributed by atoms with E-state index in [1.165, 1.54) is 0 Å². The maximum Gasteiger partial charge on any atom is 0.337 e. The van der Waals surface area contributed by atoms with Gasteiger partial charge in [-0.3, -0.25) is 0 Å². The Hall–Kier alpha value is -1.77. The van der Waals surface area contributed by atoms with Crippen molar-refractivity contribution in [3.05, 3.63) is 35.5 Å². The van der Waals surface area contributed by atoms with Gasteiger partial charge in [0.2, 0.25) is 0 Å². The van der Waals surface area contributed by atoms with Gasteiger partial charge in [-0.05, 0) is 25.0 Å². The molecule has 0 amide bonds. The zero-order valence-corrected chi connectivity index (χ0v) is 10.2. The average Bonchev–Trinajstić information content (AvgIpc) is 2.64. The van der Waals surface area contributed by atoms with Gasteiger partial charge in [-0.25, -0.2) is 4.79 Å². The molecule has 1 aromatic heterocycles. The second-order valence-corrected chi connectivity index (χ2v) is 4.42. The van der Waals surface area contributed by atoms with Crippen molar-refractivity contribution in [3.63, 3.8) is 0 Å². The van der Waals surface area contributed by atoms with Crippen LogP contribution in [0.3, 0.4) is 0 Å². The number of aryl methyl sites for hydroxylation is 2. The van der Waals surface area contributed by atoms with E-state index in [2.05, 4.69) is 17.6 Å². The molecule has 17 heavy (non-hydrogen) atoms. The summed E-state index contributed by atoms with van der Waals surface area (Å²) < 4.78 is 2.05. The minimum absolute atomic E-state index is 0.399. The number of fused-ring (bicyclic) bond motifs is 1. The van der Waals surface area contributed by atoms with Crippen LogP contribution in [0.5, 0.6) is 0 Å². The molecule has 90 valence electrons. The van der Waals surface area contributed by atoms with Gasteiger partial charge in [0.05, 0.1) is 5.56 Å². The smallest absolute Gasteiger partial charge is 0.337 e. The number of rotatable bonds is 4. The van der Waals surface area contributed by atoms with Crippen LogP contribution in [0.4, 0.5) is 0 Å². The van der Waals surface area contributed by atoms with Crippen LogP contribution in [0, 0.1) is 6.92 Å². The quantitative estimate of drug-likeness (QED) is 0.875. The molecule has 0 spiro atoms. The van der Waals surface area contributed by atoms with E-state index in [1.54, 1.807) is 6.20 Å². The molecule has 1 aromatic carbocycles. The summed E-state index contributed by atoms with van der Waals surface area (Å²) in [4.78, 5) is 11.2. The number of hydrogen-bond donors (Lipinski definition) is 1. The number of unbranched alkanes of at least 4 members (excludes halogenated alkanes) is 1. The first-order valence-corrected chi connectivity index (χ1v) is 5.96. The summed E-state index contributed by atoms with van der Waals surface area (Å²) in [5.41, 5.74) is 2.58. The number of carbonyl (C=O) groups is 1. The molecule has 1 heterocycles. The number of benzene rings is 1. The Morgan fingerprint density at radius 2 is 2.18 bits per heavy atom. The van der Waals surface area contributed by atoms with Gasteiger partial charge in [0.25, 0.3) is 0 Å². The van der Waals surface area contributed by atoms with Gasteiger partial charge in [-0.2, -0.15) is 0 Å². The molecular weight excluding hydrogens is 214 g/mol. The maximum absolute atomic E-state index is 11.2. The van der Waals surface area contributed by atoms with E-state index in [0.29, 0.717) is 5.56 Å². The van der Waals surface area contributed by atoms with E-state index in [1.807, 2.05) is 19.1 Å². The Labute approximate surface area is 101 Å². The molecule has 0 aliphatic carbocycles. The monoisotopic (exact) mass is 231 g/mol. The zero-order chi connectivity index (χ0) is 12.4. The van der Waals surface area contributed by atoms with Crippen LogP contribution < -0.4 is 0 Å². The molecule has 0 unspecified atom stereocenters. The second kappa shape index (κ2) is 4.62. The van der Waals surface area contributed by atoms with E-state index >= 15 is 0 Å². The Balaban J connectivity index is 2.58. The molecule has 0 aliphatic heterocycles. The molecule has 0 saturated carbocycles. The highest BCUT2D eigenvalue weighted by Crippen LogP contribution is 2.23. The number of carboxylic acid groups (broad SMARTS) is 1. The van der Waals surface area contributed by atoms with Crippen LogP contribution >= 0.6 is 0 Å². The lowest BCUT2D eigenvalue weighted by Crippen LogP contribution is -1.96. The molecule has 0 aliphatic rings. The Morgan fingerprint density at radius 3 is 2.82 bits per heavy atom. The van der Waals surface area contributed by atoms with Crippen molar-refractivity contribution in [2.24, 2.45) is 0 Å². The van der Waals surface area contributed by atoms with Crippen LogP contribution in [-0.2, 0) is 6.54 Å². The SMILES string of the molecule is CCCCn1cc(C(=O)O)c2ccc(C)cc21. The molecule has 3 nitrogen and oxygen atoms in total. The van der Waals surface area contributed by atoms with E-state index in [-0.39, 0.29) is 0 Å². The standard InChI is InChI=1S/C14H17NO2/c1-3-4-7-15-9-12(14(16)17)11-6-5-10(2)8-13(11)15/h5-6,8-9H,3-4,7H2,1-2H3,(H,16,17). The Morgan fingerprint density at radius 1 is 1.41 bits per heavy atom. The Kier molecular flexibility index (Phi) is 3.18. The first-order chi connectivity index (χ1) is 8.13. The summed E-state index contributed by atoms with van der Waals surface area (Å²) in [5.74, 6) is -0.853. The summed E-state index contributed by atoms with van der Waals surface area (Å²) >= 11 is 0. The largest absolute Gasteiger partial charge is 0.478 e. The van der Waals surface area contributed by atoms with Crippen LogP contribution in [0.2, 0.25) is 0 Å². The first kappa shape index (κ1) is 11.7. The molecule has 0 fully saturated rings. The minimum atomic E-state index is -0.853. The molecule has 0 atom stereocenters. The number of aromatic carboxylic acids is 1. The predicted molar refractivity (Wildman–Crippen MR) is 68.5 cm³/mol. The van der Waals surface area contributed by atoms with Gasteiger partial charge in [0.1, 0.15) is 0 Å². The minimum Gasteiger partial charge on any atom is -0.478 e. The van der Waals surface area contributed by atoms with E-state index in [0.717, 1.165) is 35.9 Å². The molecule has 1 N–H and O–H groups in total. The molecular formula is C14H17NO2. The molecule has 0 radical (unpaired) electrons. The molecule has 2 aromatic rings. The second-order valence-electron chi connectivity index (χ2n) is 4.42. The van der Waals surface area contributed by atoms with Crippen LogP contribution in [0.15, 0.2) is 24.4 Å². The van der Waals surface area contributed by atoms with Crippen molar-refractivity contribution >= 4 is 16.9 Å². The van der Waals surface area contributed by atoms with Crippen molar-refractivity contribution in [2.45, 2.75) is 33.2 Å². The van der Waals surface area contributed by atoms with Crippen LogP contribution in [0.25, 0.3) is 10.9 Å². The number of aromatic nitrogens is 1. The highest BCUT2D eigenvalue weighted by molar-refractivity contribution is 6.03. The normalized spacial score (nSPS) is 10.9. The first-order valence-electron chi connectivity index (χ1n) is 5.96. The number of hydrogen-bond acceptors (Lipinski definition) is 1. The van der Waals surface area contributed by atoms with E-state index in [9.17, 15) is 9.90 Å². The molecule has 2 rings (SSSR count). The molecule has 0 bridgehead atoms. The lowest BCUT2D eigenvalue weighted by molar-refractivity contribution is 0.0699. The van der Waals surface area contributed by atoms with Crippen LogP contribution in [-0.4, -0.2) is 15.6 Å². The molecule has 0 saturated heterocycles. The summed E-state index contributed by atoms with van der Waals surface area (Å²) in [6.07, 6.45) is 3.92. The topological polar surface area (TPSA) is 42.2 Å².